The van der Waals surface area contributed by atoms with Crippen LogP contribution in [0.2, 0.25) is 0 Å². The fourth-order valence-electron chi connectivity index (χ4n) is 2.28. The van der Waals surface area contributed by atoms with Crippen molar-refractivity contribution < 1.29 is 0 Å². The molecule has 0 N–H and O–H groups in total. The Labute approximate surface area is 128 Å². The first-order valence-corrected chi connectivity index (χ1v) is 8.40. The number of rotatable bonds is 5. The summed E-state index contributed by atoms with van der Waals surface area (Å²) in [6.07, 6.45) is 1.17. The van der Waals surface area contributed by atoms with E-state index in [9.17, 15) is 0 Å². The van der Waals surface area contributed by atoms with Crippen LogP contribution in [0.5, 0.6) is 0 Å². The Morgan fingerprint density at radius 3 is 2.00 bits per heavy atom. The average Bonchev–Trinajstić information content (AvgIpc) is 2.36. The Bertz CT molecular complexity index is 416. The fourth-order valence-corrected chi connectivity index (χ4v) is 3.02. The van der Waals surface area contributed by atoms with Crippen molar-refractivity contribution >= 4 is 15.9 Å². The van der Waals surface area contributed by atoms with E-state index in [4.69, 9.17) is 0 Å². The second kappa shape index (κ2) is 6.43. The Morgan fingerprint density at radius 1 is 1.00 bits per heavy atom. The monoisotopic (exact) mass is 324 g/mol. The first-order chi connectivity index (χ1) is 8.70. The van der Waals surface area contributed by atoms with Crippen LogP contribution < -0.4 is 0 Å². The van der Waals surface area contributed by atoms with Gasteiger partial charge in [-0.2, -0.15) is 0 Å². The van der Waals surface area contributed by atoms with E-state index in [0.717, 1.165) is 0 Å². The van der Waals surface area contributed by atoms with Crippen LogP contribution in [0.4, 0.5) is 0 Å². The zero-order chi connectivity index (χ0) is 14.8. The van der Waals surface area contributed by atoms with Gasteiger partial charge in [0.25, 0.3) is 0 Å². The van der Waals surface area contributed by atoms with Crippen molar-refractivity contribution in [2.75, 3.05) is 0 Å². The first-order valence-electron chi connectivity index (χ1n) is 7.48. The smallest absolute Gasteiger partial charge is 0.0449 e. The van der Waals surface area contributed by atoms with Gasteiger partial charge >= 0.3 is 0 Å². The molecule has 0 nitrogen and oxygen atoms in total. The molecule has 0 bridgehead atoms. The van der Waals surface area contributed by atoms with Crippen LogP contribution in [0.15, 0.2) is 18.2 Å². The summed E-state index contributed by atoms with van der Waals surface area (Å²) in [6, 6.07) is 7.04. The average molecular weight is 325 g/mol. The fraction of sp³-hybridized carbons (Fsp3) is 0.667. The lowest BCUT2D eigenvalue weighted by Gasteiger charge is -2.32. The van der Waals surface area contributed by atoms with Gasteiger partial charge in [-0.3, -0.25) is 0 Å². The molecular formula is C18H29Br. The molecule has 19 heavy (non-hydrogen) atoms. The van der Waals surface area contributed by atoms with E-state index < -0.39 is 0 Å². The molecule has 108 valence electrons. The Hall–Kier alpha value is -0.300. The number of benzene rings is 1. The molecule has 0 amide bonds. The van der Waals surface area contributed by atoms with Crippen LogP contribution in [-0.2, 0) is 0 Å². The number of alkyl halides is 1. The third-order valence-corrected chi connectivity index (χ3v) is 6.00. The predicted octanol–water partition coefficient (Wildman–Crippen LogP) is 6.81. The van der Waals surface area contributed by atoms with Crippen molar-refractivity contribution in [3.63, 3.8) is 0 Å². The molecule has 1 unspecified atom stereocenters. The molecular weight excluding hydrogens is 296 g/mol. The van der Waals surface area contributed by atoms with Gasteiger partial charge in [0.15, 0.2) is 0 Å². The van der Waals surface area contributed by atoms with Crippen molar-refractivity contribution in [2.45, 2.75) is 71.5 Å². The third-order valence-electron chi connectivity index (χ3n) is 4.27. The van der Waals surface area contributed by atoms with Gasteiger partial charge in [-0.15, -0.1) is 0 Å². The molecule has 1 rings (SSSR count). The summed E-state index contributed by atoms with van der Waals surface area (Å²) in [5, 5.41) is 0. The number of hydrogen-bond donors (Lipinski definition) is 0. The summed E-state index contributed by atoms with van der Waals surface area (Å²) in [4.78, 5) is 0.420. The molecule has 0 saturated carbocycles. The summed E-state index contributed by atoms with van der Waals surface area (Å²) in [5.74, 6) is 1.17. The summed E-state index contributed by atoms with van der Waals surface area (Å²) in [6.45, 7) is 16.1. The maximum atomic E-state index is 3.95. The van der Waals surface area contributed by atoms with Crippen molar-refractivity contribution in [1.29, 1.82) is 0 Å². The molecule has 1 heteroatoms. The van der Waals surface area contributed by atoms with Gasteiger partial charge in [0, 0.05) is 4.83 Å². The molecule has 0 aliphatic rings. The largest absolute Gasteiger partial charge is 0.0833 e. The van der Waals surface area contributed by atoms with Gasteiger partial charge < -0.3 is 0 Å². The number of hydrogen-bond acceptors (Lipinski definition) is 0. The highest BCUT2D eigenvalue weighted by Crippen LogP contribution is 2.45. The van der Waals surface area contributed by atoms with Crippen molar-refractivity contribution in [3.8, 4) is 0 Å². The van der Waals surface area contributed by atoms with Crippen LogP contribution in [0.25, 0.3) is 0 Å². The second-order valence-corrected chi connectivity index (χ2v) is 7.82. The zero-order valence-corrected chi connectivity index (χ0v) is 15.1. The molecule has 0 aliphatic heterocycles. The van der Waals surface area contributed by atoms with Crippen molar-refractivity contribution in [3.05, 3.63) is 34.9 Å². The molecule has 1 aromatic carbocycles. The molecule has 0 fully saturated rings. The van der Waals surface area contributed by atoms with E-state index in [0.29, 0.717) is 16.7 Å². The Kier molecular flexibility index (Phi) is 5.67. The van der Waals surface area contributed by atoms with Crippen LogP contribution in [0.3, 0.4) is 0 Å². The van der Waals surface area contributed by atoms with Gasteiger partial charge in [-0.05, 0) is 40.4 Å². The molecule has 0 heterocycles. The Balaban J connectivity index is 3.28. The van der Waals surface area contributed by atoms with E-state index in [1.54, 1.807) is 0 Å². The van der Waals surface area contributed by atoms with Gasteiger partial charge in [0.1, 0.15) is 0 Å². The highest BCUT2D eigenvalue weighted by Gasteiger charge is 2.29. The van der Waals surface area contributed by atoms with Gasteiger partial charge in [-0.1, -0.05) is 82.6 Å². The van der Waals surface area contributed by atoms with Crippen LogP contribution >= 0.6 is 15.9 Å². The summed E-state index contributed by atoms with van der Waals surface area (Å²) in [7, 11) is 0. The molecule has 0 saturated heterocycles. The molecule has 0 aliphatic carbocycles. The normalized spacial score (nSPS) is 14.2. The minimum atomic E-state index is 0.281. The van der Waals surface area contributed by atoms with Gasteiger partial charge in [-0.25, -0.2) is 0 Å². The standard InChI is InChI=1S/C18H29Br/c1-8-18(6,7)17(19)15-10-9-14(12(2)3)11-16(15)13(4)5/h9-13,17H,8H2,1-7H3. The van der Waals surface area contributed by atoms with E-state index in [2.05, 4.69) is 82.6 Å². The maximum Gasteiger partial charge on any atom is 0.0449 e. The molecule has 1 atom stereocenters. The van der Waals surface area contributed by atoms with Gasteiger partial charge in [0.2, 0.25) is 0 Å². The van der Waals surface area contributed by atoms with E-state index >= 15 is 0 Å². The summed E-state index contributed by atoms with van der Waals surface area (Å²) >= 11 is 3.95. The lowest BCUT2D eigenvalue weighted by atomic mass is 9.79. The van der Waals surface area contributed by atoms with Crippen LogP contribution in [0, 0.1) is 5.41 Å². The highest BCUT2D eigenvalue weighted by molar-refractivity contribution is 9.09. The molecule has 0 spiro atoms. The second-order valence-electron chi connectivity index (χ2n) is 6.90. The quantitative estimate of drug-likeness (QED) is 0.522. The van der Waals surface area contributed by atoms with Gasteiger partial charge in [0.05, 0.1) is 0 Å². The molecule has 0 radical (unpaired) electrons. The van der Waals surface area contributed by atoms with Crippen LogP contribution in [0.1, 0.15) is 88.2 Å². The van der Waals surface area contributed by atoms with E-state index in [1.807, 2.05) is 0 Å². The third kappa shape index (κ3) is 3.84. The van der Waals surface area contributed by atoms with Crippen LogP contribution in [-0.4, -0.2) is 0 Å². The lowest BCUT2D eigenvalue weighted by molar-refractivity contribution is 0.344. The first kappa shape index (κ1) is 16.8. The topological polar surface area (TPSA) is 0 Å². The molecule has 1 aromatic rings. The summed E-state index contributed by atoms with van der Waals surface area (Å²) < 4.78 is 0. The SMILES string of the molecule is CCC(C)(C)C(Br)c1ccc(C(C)C)cc1C(C)C. The predicted molar refractivity (Wildman–Crippen MR) is 90.4 cm³/mol. The molecule has 0 aromatic heterocycles. The van der Waals surface area contributed by atoms with Crippen molar-refractivity contribution in [2.24, 2.45) is 5.41 Å². The van der Waals surface area contributed by atoms with E-state index in [-0.39, 0.29) is 5.41 Å². The zero-order valence-electron chi connectivity index (χ0n) is 13.5. The van der Waals surface area contributed by atoms with E-state index in [1.165, 1.54) is 23.1 Å². The van der Waals surface area contributed by atoms with Crippen molar-refractivity contribution in [1.82, 2.24) is 0 Å². The minimum absolute atomic E-state index is 0.281. The Morgan fingerprint density at radius 2 is 1.58 bits per heavy atom. The lowest BCUT2D eigenvalue weighted by Crippen LogP contribution is -2.18. The number of halogens is 1. The highest BCUT2D eigenvalue weighted by atomic mass is 79.9. The minimum Gasteiger partial charge on any atom is -0.0833 e. The summed E-state index contributed by atoms with van der Waals surface area (Å²) in [5.41, 5.74) is 4.69. The maximum absolute atomic E-state index is 3.95.